The lowest BCUT2D eigenvalue weighted by atomic mass is 10.0. The zero-order chi connectivity index (χ0) is 33.8. The Morgan fingerprint density at radius 3 is 2.11 bits per heavy atom. The maximum absolute atomic E-state index is 13.6. The minimum atomic E-state index is -1.61. The number of carboxylic acid groups (broad SMARTS) is 2. The smallest absolute Gasteiger partial charge is 0.326 e. The third-order valence-corrected chi connectivity index (χ3v) is 7.04. The molecule has 0 bridgehead atoms. The lowest BCUT2D eigenvalue weighted by Gasteiger charge is -2.25. The number of nitrogens with one attached hydrogen (secondary N) is 4. The summed E-state index contributed by atoms with van der Waals surface area (Å²) in [6.07, 6.45) is 1.05. The van der Waals surface area contributed by atoms with E-state index in [9.17, 15) is 39.3 Å². The van der Waals surface area contributed by atoms with Crippen LogP contribution in [0, 0.1) is 0 Å². The molecule has 2 aromatic carbocycles. The molecule has 3 rings (SSSR count). The van der Waals surface area contributed by atoms with Gasteiger partial charge in [-0.05, 0) is 42.2 Å². The summed E-state index contributed by atoms with van der Waals surface area (Å²) in [6.45, 7) is 0.205. The number of aliphatic carboxylic acids is 2. The fourth-order valence-electron chi connectivity index (χ4n) is 4.66. The Hall–Kier alpha value is -5.64. The van der Waals surface area contributed by atoms with Gasteiger partial charge in [0.2, 0.25) is 17.7 Å². The summed E-state index contributed by atoms with van der Waals surface area (Å²) in [4.78, 5) is 70.3. The molecule has 0 saturated heterocycles. The number of hydrogen-bond acceptors (Lipinski definition) is 8. The van der Waals surface area contributed by atoms with Gasteiger partial charge in [-0.3, -0.25) is 24.2 Å². The lowest BCUT2D eigenvalue weighted by molar-refractivity contribution is -0.143. The number of carboxylic acids is 2. The zero-order valence-corrected chi connectivity index (χ0v) is 24.8. The molecule has 0 aliphatic heterocycles. The molecule has 16 nitrogen and oxygen atoms in total. The molecule has 4 unspecified atom stereocenters. The fourth-order valence-corrected chi connectivity index (χ4v) is 4.66. The summed E-state index contributed by atoms with van der Waals surface area (Å²) >= 11 is 0. The minimum Gasteiger partial charge on any atom is -0.508 e. The second kappa shape index (κ2) is 16.4. The number of phenolic OH excluding ortho intramolecular Hbond substituents is 1. The van der Waals surface area contributed by atoms with E-state index in [1.165, 1.54) is 24.3 Å². The van der Waals surface area contributed by atoms with E-state index in [-0.39, 0.29) is 37.5 Å². The highest BCUT2D eigenvalue weighted by Gasteiger charge is 2.32. The number of aliphatic imine (C=N–C) groups is 1. The number of fused-ring (bicyclic) bond motifs is 1. The van der Waals surface area contributed by atoms with Crippen LogP contribution in [0.4, 0.5) is 0 Å². The number of aromatic amines is 1. The quantitative estimate of drug-likeness (QED) is 0.0488. The van der Waals surface area contributed by atoms with Crippen molar-refractivity contribution in [3.63, 3.8) is 0 Å². The Balaban J connectivity index is 1.82. The second-order valence-corrected chi connectivity index (χ2v) is 10.6. The van der Waals surface area contributed by atoms with Crippen molar-refractivity contribution in [1.29, 1.82) is 0 Å². The summed E-state index contributed by atoms with van der Waals surface area (Å²) in [7, 11) is 0. The highest BCUT2D eigenvalue weighted by atomic mass is 16.4. The first kappa shape index (κ1) is 34.8. The first-order valence-electron chi connectivity index (χ1n) is 14.3. The van der Waals surface area contributed by atoms with Crippen LogP contribution in [0.1, 0.15) is 30.4 Å². The fraction of sp³-hybridized carbons (Fsp3) is 0.333. The number of para-hydroxylation sites is 1. The number of benzene rings is 2. The predicted molar refractivity (Wildman–Crippen MR) is 167 cm³/mol. The van der Waals surface area contributed by atoms with Gasteiger partial charge in [0.05, 0.1) is 12.5 Å². The number of guanidine groups is 1. The van der Waals surface area contributed by atoms with Gasteiger partial charge in [0.25, 0.3) is 0 Å². The maximum Gasteiger partial charge on any atom is 0.326 e. The van der Waals surface area contributed by atoms with Gasteiger partial charge in [-0.1, -0.05) is 30.3 Å². The summed E-state index contributed by atoms with van der Waals surface area (Å²) in [5.41, 5.74) is 18.4. The predicted octanol–water partition coefficient (Wildman–Crippen LogP) is -0.947. The summed E-state index contributed by atoms with van der Waals surface area (Å²) in [5.74, 6) is -5.55. The molecule has 0 spiro atoms. The van der Waals surface area contributed by atoms with Gasteiger partial charge in [-0.15, -0.1) is 0 Å². The molecule has 4 atom stereocenters. The average Bonchev–Trinajstić information content (AvgIpc) is 3.41. The zero-order valence-electron chi connectivity index (χ0n) is 24.8. The van der Waals surface area contributed by atoms with Crippen LogP contribution in [0.3, 0.4) is 0 Å². The number of amides is 3. The molecule has 1 aromatic heterocycles. The topological polar surface area (TPSA) is 288 Å². The second-order valence-electron chi connectivity index (χ2n) is 10.6. The van der Waals surface area contributed by atoms with Crippen LogP contribution in [-0.4, -0.2) is 86.6 Å². The van der Waals surface area contributed by atoms with E-state index >= 15 is 0 Å². The molecule has 0 aliphatic rings. The molecule has 13 N–H and O–H groups in total. The molecular formula is C30H38N8O8. The Bertz CT molecular complexity index is 1570. The van der Waals surface area contributed by atoms with Gasteiger partial charge in [0, 0.05) is 36.5 Å². The maximum atomic E-state index is 13.6. The molecule has 0 saturated carbocycles. The van der Waals surface area contributed by atoms with Gasteiger partial charge in [0.1, 0.15) is 23.9 Å². The Morgan fingerprint density at radius 1 is 0.826 bits per heavy atom. The number of hydrogen-bond donors (Lipinski definition) is 10. The molecular weight excluding hydrogens is 600 g/mol. The molecule has 0 fully saturated rings. The Morgan fingerprint density at radius 2 is 1.46 bits per heavy atom. The third kappa shape index (κ3) is 10.5. The number of aromatic nitrogens is 1. The van der Waals surface area contributed by atoms with E-state index in [4.69, 9.17) is 17.2 Å². The molecule has 1 heterocycles. The van der Waals surface area contributed by atoms with Crippen molar-refractivity contribution in [3.05, 3.63) is 65.9 Å². The standard InChI is InChI=1S/C30H38N8O8/c31-20(5-3-11-34-30(32)33)26(42)36-23(14-25(40)41)28(44)37-22(13-17-15-35-21-6-2-1-4-19(17)21)27(43)38-24(29(45)46)12-16-7-9-18(39)10-8-16/h1-2,4,6-10,15,20,22-24,35,39H,3,5,11-14,31H2,(H,36,42)(H,37,44)(H,38,43)(H,40,41)(H,45,46)(H4,32,33,34). The molecule has 3 amide bonds. The van der Waals surface area contributed by atoms with E-state index in [0.717, 1.165) is 10.9 Å². The number of phenols is 1. The number of rotatable bonds is 17. The van der Waals surface area contributed by atoms with Crippen LogP contribution in [0.25, 0.3) is 10.9 Å². The SMILES string of the molecule is NC(N)=NCCCC(N)C(=O)NC(CC(=O)O)C(=O)NC(Cc1c[nH]c2ccccc12)C(=O)NC(Cc1ccc(O)cc1)C(=O)O. The molecule has 0 radical (unpaired) electrons. The summed E-state index contributed by atoms with van der Waals surface area (Å²) in [6, 6.07) is 7.45. The molecule has 16 heteroatoms. The van der Waals surface area contributed by atoms with Crippen LogP contribution in [0.5, 0.6) is 5.75 Å². The van der Waals surface area contributed by atoms with Gasteiger partial charge in [-0.25, -0.2) is 4.79 Å². The van der Waals surface area contributed by atoms with Crippen molar-refractivity contribution in [3.8, 4) is 5.75 Å². The minimum absolute atomic E-state index is 0.0175. The summed E-state index contributed by atoms with van der Waals surface area (Å²) in [5, 5.41) is 36.8. The highest BCUT2D eigenvalue weighted by molar-refractivity contribution is 5.96. The lowest BCUT2D eigenvalue weighted by Crippen LogP contribution is -2.58. The van der Waals surface area contributed by atoms with Crippen molar-refractivity contribution >= 4 is 46.5 Å². The van der Waals surface area contributed by atoms with Gasteiger partial charge >= 0.3 is 11.9 Å². The van der Waals surface area contributed by atoms with Gasteiger partial charge in [-0.2, -0.15) is 0 Å². The Kier molecular flexibility index (Phi) is 12.5. The van der Waals surface area contributed by atoms with E-state index in [0.29, 0.717) is 17.5 Å². The number of H-pyrrole nitrogens is 1. The summed E-state index contributed by atoms with van der Waals surface area (Å²) < 4.78 is 0. The van der Waals surface area contributed by atoms with Crippen molar-refractivity contribution in [2.24, 2.45) is 22.2 Å². The van der Waals surface area contributed by atoms with Crippen molar-refractivity contribution in [2.45, 2.75) is 56.3 Å². The number of aromatic hydroxyl groups is 1. The number of carbonyl (C=O) groups is 5. The monoisotopic (exact) mass is 638 g/mol. The molecule has 246 valence electrons. The van der Waals surface area contributed by atoms with Crippen molar-refractivity contribution in [2.75, 3.05) is 6.54 Å². The number of nitrogens with zero attached hydrogens (tertiary/aromatic N) is 1. The first-order valence-corrected chi connectivity index (χ1v) is 14.3. The van der Waals surface area contributed by atoms with Crippen LogP contribution in [0.15, 0.2) is 59.7 Å². The van der Waals surface area contributed by atoms with Crippen LogP contribution in [0.2, 0.25) is 0 Å². The number of nitrogens with two attached hydrogens (primary N) is 3. The third-order valence-electron chi connectivity index (χ3n) is 7.04. The van der Waals surface area contributed by atoms with Gasteiger partial charge < -0.3 is 53.5 Å². The van der Waals surface area contributed by atoms with E-state index in [1.54, 1.807) is 24.4 Å². The molecule has 0 aliphatic carbocycles. The largest absolute Gasteiger partial charge is 0.508 e. The average molecular weight is 639 g/mol. The van der Waals surface area contributed by atoms with Crippen LogP contribution < -0.4 is 33.2 Å². The van der Waals surface area contributed by atoms with Gasteiger partial charge in [0.15, 0.2) is 5.96 Å². The van der Waals surface area contributed by atoms with Crippen molar-refractivity contribution < 1.29 is 39.3 Å². The molecule has 46 heavy (non-hydrogen) atoms. The normalized spacial score (nSPS) is 13.5. The van der Waals surface area contributed by atoms with E-state index < -0.39 is 60.2 Å². The molecule has 3 aromatic rings. The van der Waals surface area contributed by atoms with E-state index in [2.05, 4.69) is 25.9 Å². The van der Waals surface area contributed by atoms with Crippen LogP contribution >= 0.6 is 0 Å². The Labute approximate surface area is 263 Å². The van der Waals surface area contributed by atoms with Crippen LogP contribution in [-0.2, 0) is 36.8 Å². The number of carbonyl (C=O) groups excluding carboxylic acids is 3. The van der Waals surface area contributed by atoms with Crippen molar-refractivity contribution in [1.82, 2.24) is 20.9 Å². The van der Waals surface area contributed by atoms with E-state index in [1.807, 2.05) is 6.07 Å². The first-order chi connectivity index (χ1) is 21.8. The highest BCUT2D eigenvalue weighted by Crippen LogP contribution is 2.20.